The SMILES string of the molecule is CC(C)(C)c1ccc2c(c1)c1cc(-c3ccc(-c4c5ccc(-c6ccccc6)cc5c(-c5ccc(-c6ccc(-c7ccccc7)cc6)cc5)c5ccc(-c6ccccc6)cc45)cc3)ccc1n2-c1ccccc1.CC(C)(C)c1ccc2c(c1)c1cc(-c3ccc(-c4c5ccc(-c6ccccc6)cc5c(-c5ccc(-c6ccccc6)cc5)c5ccc(-c6ccccc6)cc45)cc3)ccc1n2-c1ccccc1. The van der Waals surface area contributed by atoms with Crippen LogP contribution in [0, 0.1) is 0 Å². The molecule has 25 rings (SSSR count). The summed E-state index contributed by atoms with van der Waals surface area (Å²) in [7, 11) is 0. The molecule has 0 aliphatic heterocycles. The van der Waals surface area contributed by atoms with Crippen LogP contribution in [0.3, 0.4) is 0 Å². The Morgan fingerprint density at radius 3 is 0.500 bits per heavy atom. The molecule has 0 amide bonds. The predicted octanol–water partition coefficient (Wildman–Crippen LogP) is 38.4. The summed E-state index contributed by atoms with van der Waals surface area (Å²) in [6.45, 7) is 13.8. The third kappa shape index (κ3) is 16.0. The van der Waals surface area contributed by atoms with Crippen molar-refractivity contribution in [3.63, 3.8) is 0 Å². The van der Waals surface area contributed by atoms with Gasteiger partial charge in [0.05, 0.1) is 22.1 Å². The van der Waals surface area contributed by atoms with Crippen LogP contribution >= 0.6 is 0 Å². The van der Waals surface area contributed by atoms with E-state index in [0.29, 0.717) is 0 Å². The molecule has 2 nitrogen and oxygen atoms in total. The van der Waals surface area contributed by atoms with Crippen molar-refractivity contribution in [2.24, 2.45) is 0 Å². The van der Waals surface area contributed by atoms with Crippen LogP contribution in [-0.2, 0) is 10.8 Å². The van der Waals surface area contributed by atoms with Crippen molar-refractivity contribution in [2.45, 2.75) is 52.4 Å². The standard InChI is InChI=1S/C72H53N.C66H49N/c1-72(2,3)60-39-43-69-65(47-60)64-44-59(38-42-68(64)73(69)61-22-14-7-15-23-61)54-30-34-56(35-31-54)71-63-41-37-57(49-18-10-5-11-19-49)45-66(63)70(62-40-36-58(46-67(62)71)50-20-12-6-13-21-50)55-32-28-53(29-33-55)52-26-24-51(25-27-52)48-16-8-4-9-17-48;1-66(2,3)54-35-39-63-59(43-54)58-40-53(34-38-62(58)67(63)55-22-14-7-15-23-55)48-26-30-50(31-27-48)65-57-37-33-51(45-18-10-5-11-19-45)41-60(57)64(49-28-24-47(25-29-49)44-16-8-4-9-17-44)56-36-32-52(42-61(56)65)46-20-12-6-13-21-46/h4-47H,1-3H3;4-43H,1-3H3. The monoisotopic (exact) mass is 1790 g/mol. The number of para-hydroxylation sites is 2. The molecule has 2 aromatic heterocycles. The lowest BCUT2D eigenvalue weighted by molar-refractivity contribution is 0.591. The van der Waals surface area contributed by atoms with Crippen LogP contribution in [0.15, 0.2) is 510 Å². The third-order valence-electron chi connectivity index (χ3n) is 28.7. The summed E-state index contributed by atoms with van der Waals surface area (Å²) < 4.78 is 4.82. The zero-order valence-electron chi connectivity index (χ0n) is 79.4. The van der Waals surface area contributed by atoms with Gasteiger partial charge in [0.2, 0.25) is 0 Å². The van der Waals surface area contributed by atoms with E-state index in [9.17, 15) is 0 Å². The van der Waals surface area contributed by atoms with Crippen molar-refractivity contribution in [3.05, 3.63) is 521 Å². The van der Waals surface area contributed by atoms with Crippen LogP contribution in [0.1, 0.15) is 52.7 Å². The van der Waals surface area contributed by atoms with Crippen molar-refractivity contribution in [1.29, 1.82) is 0 Å². The van der Waals surface area contributed by atoms with E-state index in [0.717, 1.165) is 0 Å². The van der Waals surface area contributed by atoms with E-state index >= 15 is 0 Å². The molecule has 0 aliphatic rings. The lowest BCUT2D eigenvalue weighted by atomic mass is 9.83. The predicted molar refractivity (Wildman–Crippen MR) is 600 cm³/mol. The first-order chi connectivity index (χ1) is 68.7. The van der Waals surface area contributed by atoms with Crippen LogP contribution < -0.4 is 0 Å². The third-order valence-corrected chi connectivity index (χ3v) is 28.7. The normalized spacial score (nSPS) is 11.8. The van der Waals surface area contributed by atoms with E-state index in [4.69, 9.17) is 0 Å². The molecule has 23 aromatic carbocycles. The summed E-state index contributed by atoms with van der Waals surface area (Å²) in [5.74, 6) is 0. The van der Waals surface area contributed by atoms with Gasteiger partial charge < -0.3 is 9.13 Å². The van der Waals surface area contributed by atoms with Gasteiger partial charge in [-0.25, -0.2) is 0 Å². The molecule has 0 atom stereocenters. The number of benzene rings is 23. The second kappa shape index (κ2) is 35.7. The number of fused-ring (bicyclic) bond motifs is 10. The molecule has 664 valence electrons. The van der Waals surface area contributed by atoms with E-state index in [2.05, 4.69) is 560 Å². The molecule has 140 heavy (non-hydrogen) atoms. The van der Waals surface area contributed by atoms with Gasteiger partial charge in [0.25, 0.3) is 0 Å². The molecular formula is C138H102N2. The van der Waals surface area contributed by atoms with Crippen molar-refractivity contribution in [2.75, 3.05) is 0 Å². The summed E-state index contributed by atoms with van der Waals surface area (Å²) in [5.41, 5.74) is 41.4. The van der Waals surface area contributed by atoms with Crippen molar-refractivity contribution in [3.8, 4) is 156 Å². The Morgan fingerprint density at radius 1 is 0.121 bits per heavy atom. The van der Waals surface area contributed by atoms with Crippen LogP contribution in [0.4, 0.5) is 0 Å². The van der Waals surface area contributed by atoms with E-state index in [1.165, 1.54) is 254 Å². The van der Waals surface area contributed by atoms with E-state index in [1.807, 2.05) is 0 Å². The second-order valence-electron chi connectivity index (χ2n) is 39.4. The van der Waals surface area contributed by atoms with E-state index < -0.39 is 0 Å². The molecule has 0 saturated heterocycles. The van der Waals surface area contributed by atoms with Gasteiger partial charge in [-0.3, -0.25) is 0 Å². The van der Waals surface area contributed by atoms with Gasteiger partial charge in [0, 0.05) is 32.9 Å². The van der Waals surface area contributed by atoms with E-state index in [1.54, 1.807) is 0 Å². The first-order valence-corrected chi connectivity index (χ1v) is 48.9. The summed E-state index contributed by atoms with van der Waals surface area (Å²) in [6, 6.07) is 188. The molecule has 0 radical (unpaired) electrons. The Bertz CT molecular complexity index is 8960. The van der Waals surface area contributed by atoms with E-state index in [-0.39, 0.29) is 10.8 Å². The minimum absolute atomic E-state index is 0.0293. The molecule has 2 heteroatoms. The molecular weight excluding hydrogens is 1690 g/mol. The summed E-state index contributed by atoms with van der Waals surface area (Å²) >= 11 is 0. The number of hydrogen-bond acceptors (Lipinski definition) is 0. The fourth-order valence-corrected chi connectivity index (χ4v) is 21.4. The molecule has 0 aliphatic carbocycles. The molecule has 0 N–H and O–H groups in total. The highest BCUT2D eigenvalue weighted by atomic mass is 15.0. The molecule has 0 spiro atoms. The van der Waals surface area contributed by atoms with Crippen LogP contribution in [-0.4, -0.2) is 9.13 Å². The smallest absolute Gasteiger partial charge is 0.0541 e. The molecule has 2 heterocycles. The van der Waals surface area contributed by atoms with Gasteiger partial charge in [-0.05, 0) is 307 Å². The van der Waals surface area contributed by atoms with Crippen molar-refractivity contribution < 1.29 is 0 Å². The maximum Gasteiger partial charge on any atom is 0.0541 e. The Hall–Kier alpha value is -17.3. The Kier molecular flexibility index (Phi) is 21.9. The Labute approximate surface area is 819 Å². The maximum atomic E-state index is 2.42. The summed E-state index contributed by atoms with van der Waals surface area (Å²) in [5, 5.41) is 14.9. The van der Waals surface area contributed by atoms with Gasteiger partial charge in [0.1, 0.15) is 0 Å². The topological polar surface area (TPSA) is 9.86 Å². The molecule has 0 saturated carbocycles. The van der Waals surface area contributed by atoms with Gasteiger partial charge in [-0.2, -0.15) is 0 Å². The van der Waals surface area contributed by atoms with Gasteiger partial charge in [-0.15, -0.1) is 0 Å². The summed E-state index contributed by atoms with van der Waals surface area (Å²) in [6.07, 6.45) is 0. The fourth-order valence-electron chi connectivity index (χ4n) is 21.4. The Balaban J connectivity index is 0.000000152. The zero-order chi connectivity index (χ0) is 94.1. The highest BCUT2D eigenvalue weighted by Gasteiger charge is 2.26. The lowest BCUT2D eigenvalue weighted by Crippen LogP contribution is -2.10. The maximum absolute atomic E-state index is 2.42. The quantitative estimate of drug-likeness (QED) is 0.0906. The van der Waals surface area contributed by atoms with Gasteiger partial charge in [0.15, 0.2) is 0 Å². The highest BCUT2D eigenvalue weighted by Crippen LogP contribution is 2.51. The highest BCUT2D eigenvalue weighted by molar-refractivity contribution is 6.25. The molecule has 0 bridgehead atoms. The number of hydrogen-bond donors (Lipinski definition) is 0. The molecule has 0 fully saturated rings. The second-order valence-corrected chi connectivity index (χ2v) is 39.4. The van der Waals surface area contributed by atoms with Crippen LogP contribution in [0.2, 0.25) is 0 Å². The first kappa shape index (κ1) is 85.6. The van der Waals surface area contributed by atoms with Crippen LogP contribution in [0.25, 0.3) is 243 Å². The Morgan fingerprint density at radius 2 is 0.279 bits per heavy atom. The lowest BCUT2D eigenvalue weighted by Gasteiger charge is -2.20. The number of aromatic nitrogens is 2. The van der Waals surface area contributed by atoms with Gasteiger partial charge in [-0.1, -0.05) is 454 Å². The molecule has 25 aromatic rings. The van der Waals surface area contributed by atoms with Crippen LogP contribution in [0.5, 0.6) is 0 Å². The first-order valence-electron chi connectivity index (χ1n) is 48.9. The van der Waals surface area contributed by atoms with Gasteiger partial charge >= 0.3 is 0 Å². The largest absolute Gasteiger partial charge is 0.309 e. The summed E-state index contributed by atoms with van der Waals surface area (Å²) in [4.78, 5) is 0. The average molecular weight is 1790 g/mol. The van der Waals surface area contributed by atoms with Crippen molar-refractivity contribution in [1.82, 2.24) is 9.13 Å². The minimum Gasteiger partial charge on any atom is -0.309 e. The number of nitrogens with zero attached hydrogens (tertiary/aromatic N) is 2. The molecule has 0 unspecified atom stereocenters. The fraction of sp³-hybridized carbons (Fsp3) is 0.0580. The minimum atomic E-state index is 0.0293. The average Bonchev–Trinajstić information content (AvgIpc) is 0.843. The number of rotatable bonds is 15. The zero-order valence-corrected chi connectivity index (χ0v) is 79.4. The van der Waals surface area contributed by atoms with Crippen molar-refractivity contribution >= 4 is 86.7 Å².